The number of carboxylic acids is 1. The third kappa shape index (κ3) is 7.24. The zero-order valence-electron chi connectivity index (χ0n) is 20.1. The standard InChI is InChI=1S/C26H30F2N2O5/c1-26(2,3)35-25(34)30(15-20-9-10-21(27)13-22(20)28)16-23(31)29-11-5-8-19(14-29)17-6-4-7-18(12-17)24(32)33/h4,6-7,9-10,12-13,19H,5,8,11,14-16H2,1-3H3,(H,32,33)/t19-/m1/s1. The van der Waals surface area contributed by atoms with Crippen molar-refractivity contribution in [3.8, 4) is 0 Å². The summed E-state index contributed by atoms with van der Waals surface area (Å²) in [5.41, 5.74) is 0.251. The lowest BCUT2D eigenvalue weighted by atomic mass is 9.89. The molecule has 2 aromatic carbocycles. The van der Waals surface area contributed by atoms with Crippen LogP contribution in [-0.4, -0.2) is 58.1 Å². The van der Waals surface area contributed by atoms with Gasteiger partial charge in [-0.2, -0.15) is 0 Å². The molecule has 0 aliphatic carbocycles. The van der Waals surface area contributed by atoms with Gasteiger partial charge in [0.1, 0.15) is 23.8 Å². The lowest BCUT2D eigenvalue weighted by Crippen LogP contribution is -2.47. The first-order chi connectivity index (χ1) is 16.4. The molecular formula is C26H30F2N2O5. The molecule has 0 saturated carbocycles. The molecule has 35 heavy (non-hydrogen) atoms. The van der Waals surface area contributed by atoms with Crippen LogP contribution in [0.5, 0.6) is 0 Å². The van der Waals surface area contributed by atoms with Crippen LogP contribution in [0.25, 0.3) is 0 Å². The quantitative estimate of drug-likeness (QED) is 0.631. The molecule has 1 aliphatic heterocycles. The number of carbonyl (C=O) groups excluding carboxylic acids is 2. The molecule has 3 rings (SSSR count). The highest BCUT2D eigenvalue weighted by Gasteiger charge is 2.30. The van der Waals surface area contributed by atoms with Crippen molar-refractivity contribution in [3.05, 3.63) is 70.8 Å². The second-order valence-electron chi connectivity index (χ2n) is 9.68. The molecule has 2 amide bonds. The Bertz CT molecular complexity index is 1100. The summed E-state index contributed by atoms with van der Waals surface area (Å²) in [6, 6.07) is 9.71. The van der Waals surface area contributed by atoms with Crippen LogP contribution < -0.4 is 0 Å². The predicted molar refractivity (Wildman–Crippen MR) is 125 cm³/mol. The Labute approximate surface area is 203 Å². The van der Waals surface area contributed by atoms with Gasteiger partial charge in [-0.25, -0.2) is 18.4 Å². The smallest absolute Gasteiger partial charge is 0.411 e. The van der Waals surface area contributed by atoms with Gasteiger partial charge in [-0.3, -0.25) is 9.69 Å². The minimum atomic E-state index is -1.02. The number of piperidine rings is 1. The summed E-state index contributed by atoms with van der Waals surface area (Å²) in [4.78, 5) is 40.1. The zero-order chi connectivity index (χ0) is 25.8. The maximum absolute atomic E-state index is 14.3. The van der Waals surface area contributed by atoms with Crippen LogP contribution in [0.4, 0.5) is 13.6 Å². The number of carbonyl (C=O) groups is 3. The van der Waals surface area contributed by atoms with Crippen molar-refractivity contribution in [2.75, 3.05) is 19.6 Å². The highest BCUT2D eigenvalue weighted by atomic mass is 19.1. The first-order valence-electron chi connectivity index (χ1n) is 11.5. The van der Waals surface area contributed by atoms with Crippen LogP contribution >= 0.6 is 0 Å². The number of nitrogens with zero attached hydrogens (tertiary/aromatic N) is 2. The number of ether oxygens (including phenoxy) is 1. The number of rotatable bonds is 6. The number of carboxylic acid groups (broad SMARTS) is 1. The summed E-state index contributed by atoms with van der Waals surface area (Å²) in [7, 11) is 0. The highest BCUT2D eigenvalue weighted by molar-refractivity contribution is 5.87. The number of halogens is 2. The molecular weight excluding hydrogens is 458 g/mol. The Morgan fingerprint density at radius 2 is 1.89 bits per heavy atom. The molecule has 188 valence electrons. The molecule has 1 atom stereocenters. The molecule has 1 heterocycles. The Hall–Kier alpha value is -3.49. The number of hydrogen-bond donors (Lipinski definition) is 1. The number of hydrogen-bond acceptors (Lipinski definition) is 4. The van der Waals surface area contributed by atoms with Crippen LogP contribution in [0, 0.1) is 11.6 Å². The molecule has 1 N–H and O–H groups in total. The van der Waals surface area contributed by atoms with Gasteiger partial charge in [0.15, 0.2) is 0 Å². The second-order valence-corrected chi connectivity index (χ2v) is 9.68. The molecule has 0 bridgehead atoms. The third-order valence-electron chi connectivity index (χ3n) is 5.73. The van der Waals surface area contributed by atoms with E-state index in [-0.39, 0.29) is 36.0 Å². The normalized spacial score (nSPS) is 16.0. The van der Waals surface area contributed by atoms with Crippen LogP contribution in [0.1, 0.15) is 61.0 Å². The number of benzene rings is 2. The van der Waals surface area contributed by atoms with Crippen LogP contribution in [0.2, 0.25) is 0 Å². The molecule has 2 aromatic rings. The van der Waals surface area contributed by atoms with Crippen LogP contribution in [-0.2, 0) is 16.1 Å². The van der Waals surface area contributed by atoms with Crippen molar-refractivity contribution in [1.82, 2.24) is 9.80 Å². The number of aromatic carboxylic acids is 1. The lowest BCUT2D eigenvalue weighted by Gasteiger charge is -2.35. The monoisotopic (exact) mass is 488 g/mol. The van der Waals surface area contributed by atoms with Crippen molar-refractivity contribution >= 4 is 18.0 Å². The van der Waals surface area contributed by atoms with E-state index >= 15 is 0 Å². The van der Waals surface area contributed by atoms with Crippen molar-refractivity contribution in [2.24, 2.45) is 0 Å². The molecule has 1 fully saturated rings. The summed E-state index contributed by atoms with van der Waals surface area (Å²) in [5.74, 6) is -2.95. The Kier molecular flexibility index (Phi) is 8.09. The van der Waals surface area contributed by atoms with Gasteiger partial charge in [-0.15, -0.1) is 0 Å². The summed E-state index contributed by atoms with van der Waals surface area (Å²) >= 11 is 0. The van der Waals surface area contributed by atoms with Gasteiger partial charge in [0, 0.05) is 30.6 Å². The second kappa shape index (κ2) is 10.8. The minimum absolute atomic E-state index is 0.0449. The molecule has 0 radical (unpaired) electrons. The fourth-order valence-corrected chi connectivity index (χ4v) is 4.03. The Morgan fingerprint density at radius 3 is 2.54 bits per heavy atom. The van der Waals surface area contributed by atoms with Crippen molar-refractivity contribution < 1.29 is 33.0 Å². The van der Waals surface area contributed by atoms with E-state index < -0.39 is 29.3 Å². The number of likely N-dealkylation sites (tertiary alicyclic amines) is 1. The van der Waals surface area contributed by atoms with Gasteiger partial charge < -0.3 is 14.7 Å². The Balaban J connectivity index is 1.76. The van der Waals surface area contributed by atoms with E-state index in [0.29, 0.717) is 19.5 Å². The van der Waals surface area contributed by atoms with Crippen molar-refractivity contribution in [2.45, 2.75) is 51.7 Å². The third-order valence-corrected chi connectivity index (χ3v) is 5.73. The van der Waals surface area contributed by atoms with Crippen LogP contribution in [0.15, 0.2) is 42.5 Å². The van der Waals surface area contributed by atoms with E-state index in [1.54, 1.807) is 37.8 Å². The SMILES string of the molecule is CC(C)(C)OC(=O)N(CC(=O)N1CCC[C@@H](c2cccc(C(=O)O)c2)C1)Cc1ccc(F)cc1F. The predicted octanol–water partition coefficient (Wildman–Crippen LogP) is 4.81. The zero-order valence-corrected chi connectivity index (χ0v) is 20.1. The summed E-state index contributed by atoms with van der Waals surface area (Å²) in [6.07, 6.45) is 0.730. The first kappa shape index (κ1) is 26.1. The topological polar surface area (TPSA) is 87.2 Å². The van der Waals surface area contributed by atoms with Gasteiger partial charge in [0.25, 0.3) is 0 Å². The van der Waals surface area contributed by atoms with Gasteiger partial charge in [-0.1, -0.05) is 18.2 Å². The summed E-state index contributed by atoms with van der Waals surface area (Å²) in [5, 5.41) is 9.27. The molecule has 1 saturated heterocycles. The van der Waals surface area contributed by atoms with E-state index in [1.807, 2.05) is 6.07 Å². The van der Waals surface area contributed by atoms with E-state index in [9.17, 15) is 28.3 Å². The van der Waals surface area contributed by atoms with Gasteiger partial charge in [0.2, 0.25) is 5.91 Å². The molecule has 7 nitrogen and oxygen atoms in total. The van der Waals surface area contributed by atoms with E-state index in [2.05, 4.69) is 0 Å². The first-order valence-corrected chi connectivity index (χ1v) is 11.5. The average molecular weight is 489 g/mol. The molecule has 0 aromatic heterocycles. The summed E-state index contributed by atoms with van der Waals surface area (Å²) < 4.78 is 33.0. The van der Waals surface area contributed by atoms with Gasteiger partial charge in [-0.05, 0) is 57.4 Å². The van der Waals surface area contributed by atoms with E-state index in [0.717, 1.165) is 29.0 Å². The fraction of sp³-hybridized carbons (Fsp3) is 0.423. The minimum Gasteiger partial charge on any atom is -0.478 e. The fourth-order valence-electron chi connectivity index (χ4n) is 4.03. The maximum atomic E-state index is 14.3. The van der Waals surface area contributed by atoms with E-state index in [4.69, 9.17) is 4.74 Å². The van der Waals surface area contributed by atoms with Crippen LogP contribution in [0.3, 0.4) is 0 Å². The molecule has 0 unspecified atom stereocenters. The largest absolute Gasteiger partial charge is 0.478 e. The Morgan fingerprint density at radius 1 is 1.14 bits per heavy atom. The lowest BCUT2D eigenvalue weighted by molar-refractivity contribution is -0.133. The average Bonchev–Trinajstić information content (AvgIpc) is 2.79. The summed E-state index contributed by atoms with van der Waals surface area (Å²) in [6.45, 7) is 5.31. The molecule has 0 spiro atoms. The molecule has 9 heteroatoms. The van der Waals surface area contributed by atoms with Crippen molar-refractivity contribution in [3.63, 3.8) is 0 Å². The van der Waals surface area contributed by atoms with Gasteiger partial charge >= 0.3 is 12.1 Å². The van der Waals surface area contributed by atoms with Crippen molar-refractivity contribution in [1.29, 1.82) is 0 Å². The van der Waals surface area contributed by atoms with E-state index in [1.165, 1.54) is 12.1 Å². The van der Waals surface area contributed by atoms with Gasteiger partial charge in [0.05, 0.1) is 12.1 Å². The number of amides is 2. The maximum Gasteiger partial charge on any atom is 0.411 e. The highest BCUT2D eigenvalue weighted by Crippen LogP contribution is 2.28. The molecule has 1 aliphatic rings.